The molecule has 0 aromatic heterocycles. The molecule has 3 rings (SSSR count). The second-order valence-corrected chi connectivity index (χ2v) is 7.73. The summed E-state index contributed by atoms with van der Waals surface area (Å²) in [6, 6.07) is 14.6. The van der Waals surface area contributed by atoms with Crippen LogP contribution in [0.1, 0.15) is 18.1 Å². The molecule has 0 radical (unpaired) electrons. The highest BCUT2D eigenvalue weighted by atomic mass is 16.5. The molecular formula is C25H36N4O3. The first kappa shape index (κ1) is 23.7. The van der Waals surface area contributed by atoms with Gasteiger partial charge in [0.2, 0.25) is 5.75 Å². The van der Waals surface area contributed by atoms with Gasteiger partial charge < -0.3 is 24.4 Å². The highest BCUT2D eigenvalue weighted by Crippen LogP contribution is 2.39. The molecule has 0 unspecified atom stereocenters. The SMILES string of the molecule is CCNC(=NCCc1ccc(OC)c(OC)c1OC)N1CCN(Cc2ccccc2)CC1. The van der Waals surface area contributed by atoms with Crippen molar-refractivity contribution in [1.82, 2.24) is 15.1 Å². The number of benzene rings is 2. The summed E-state index contributed by atoms with van der Waals surface area (Å²) in [5.41, 5.74) is 2.42. The van der Waals surface area contributed by atoms with Gasteiger partial charge in [-0.05, 0) is 25.0 Å². The number of nitrogens with zero attached hydrogens (tertiary/aromatic N) is 3. The van der Waals surface area contributed by atoms with Crippen LogP contribution in [0.25, 0.3) is 0 Å². The zero-order valence-corrected chi connectivity index (χ0v) is 19.8. The zero-order valence-electron chi connectivity index (χ0n) is 19.8. The van der Waals surface area contributed by atoms with Crippen molar-refractivity contribution >= 4 is 5.96 Å². The first-order chi connectivity index (χ1) is 15.7. The van der Waals surface area contributed by atoms with Gasteiger partial charge in [0.15, 0.2) is 17.5 Å². The van der Waals surface area contributed by atoms with Crippen LogP contribution in [0, 0.1) is 0 Å². The number of aliphatic imine (C=N–C) groups is 1. The summed E-state index contributed by atoms with van der Waals surface area (Å²) in [7, 11) is 4.91. The van der Waals surface area contributed by atoms with Crippen LogP contribution in [0.4, 0.5) is 0 Å². The van der Waals surface area contributed by atoms with E-state index in [1.165, 1.54) is 5.56 Å². The minimum atomic E-state index is 0.623. The topological polar surface area (TPSA) is 58.6 Å². The molecule has 0 bridgehead atoms. The van der Waals surface area contributed by atoms with Gasteiger partial charge in [0.1, 0.15) is 0 Å². The fourth-order valence-electron chi connectivity index (χ4n) is 4.03. The van der Waals surface area contributed by atoms with E-state index in [0.29, 0.717) is 23.8 Å². The normalized spacial score (nSPS) is 14.9. The van der Waals surface area contributed by atoms with Gasteiger partial charge in [0.05, 0.1) is 21.3 Å². The smallest absolute Gasteiger partial charge is 0.203 e. The fraction of sp³-hybridized carbons (Fsp3) is 0.480. The van der Waals surface area contributed by atoms with E-state index in [9.17, 15) is 0 Å². The van der Waals surface area contributed by atoms with Crippen LogP contribution in [0.5, 0.6) is 17.2 Å². The van der Waals surface area contributed by atoms with Gasteiger partial charge in [0.25, 0.3) is 0 Å². The van der Waals surface area contributed by atoms with Gasteiger partial charge in [0, 0.05) is 51.4 Å². The Morgan fingerprint density at radius 1 is 0.906 bits per heavy atom. The highest BCUT2D eigenvalue weighted by molar-refractivity contribution is 5.80. The maximum atomic E-state index is 5.61. The predicted octanol–water partition coefficient (Wildman–Crippen LogP) is 3.04. The van der Waals surface area contributed by atoms with Gasteiger partial charge in [-0.2, -0.15) is 0 Å². The maximum Gasteiger partial charge on any atom is 0.203 e. The van der Waals surface area contributed by atoms with Crippen LogP contribution >= 0.6 is 0 Å². The van der Waals surface area contributed by atoms with Crippen LogP contribution in [0.3, 0.4) is 0 Å². The molecule has 7 nitrogen and oxygen atoms in total. The second-order valence-electron chi connectivity index (χ2n) is 7.73. The Hall–Kier alpha value is -2.93. The summed E-state index contributed by atoms with van der Waals surface area (Å²) in [6.07, 6.45) is 0.756. The van der Waals surface area contributed by atoms with Crippen molar-refractivity contribution in [2.45, 2.75) is 19.9 Å². The molecule has 2 aromatic carbocycles. The first-order valence-corrected chi connectivity index (χ1v) is 11.3. The van der Waals surface area contributed by atoms with Crippen LogP contribution < -0.4 is 19.5 Å². The number of rotatable bonds is 9. The number of methoxy groups -OCH3 is 3. The lowest BCUT2D eigenvalue weighted by Crippen LogP contribution is -2.52. The van der Waals surface area contributed by atoms with E-state index in [-0.39, 0.29) is 0 Å². The molecule has 2 aromatic rings. The molecule has 1 heterocycles. The van der Waals surface area contributed by atoms with Gasteiger partial charge in [-0.1, -0.05) is 36.4 Å². The number of nitrogens with one attached hydrogen (secondary N) is 1. The van der Waals surface area contributed by atoms with Gasteiger partial charge in [-0.15, -0.1) is 0 Å². The monoisotopic (exact) mass is 440 g/mol. The Morgan fingerprint density at radius 3 is 2.25 bits per heavy atom. The Kier molecular flexibility index (Phi) is 9.04. The average molecular weight is 441 g/mol. The lowest BCUT2D eigenvalue weighted by atomic mass is 10.1. The number of hydrogen-bond acceptors (Lipinski definition) is 5. The van der Waals surface area contributed by atoms with Crippen molar-refractivity contribution in [1.29, 1.82) is 0 Å². The quantitative estimate of drug-likeness (QED) is 0.478. The molecule has 0 atom stereocenters. The van der Waals surface area contributed by atoms with E-state index in [0.717, 1.165) is 57.2 Å². The lowest BCUT2D eigenvalue weighted by Gasteiger charge is -2.36. The summed E-state index contributed by atoms with van der Waals surface area (Å²) in [6.45, 7) is 8.63. The molecule has 0 amide bonds. The first-order valence-electron chi connectivity index (χ1n) is 11.3. The van der Waals surface area contributed by atoms with Crippen LogP contribution in [0.2, 0.25) is 0 Å². The van der Waals surface area contributed by atoms with Crippen LogP contribution in [-0.4, -0.2) is 76.4 Å². The second kappa shape index (κ2) is 12.2. The summed E-state index contributed by atoms with van der Waals surface area (Å²) in [5, 5.41) is 3.45. The summed E-state index contributed by atoms with van der Waals surface area (Å²) < 4.78 is 16.5. The molecule has 0 aliphatic carbocycles. The summed E-state index contributed by atoms with van der Waals surface area (Å²) in [5.74, 6) is 2.98. The third kappa shape index (κ3) is 6.07. The molecule has 1 aliphatic heterocycles. The van der Waals surface area contributed by atoms with Crippen molar-refractivity contribution in [2.24, 2.45) is 4.99 Å². The molecule has 0 spiro atoms. The van der Waals surface area contributed by atoms with E-state index in [4.69, 9.17) is 19.2 Å². The Labute approximate surface area is 192 Å². The molecule has 1 aliphatic rings. The largest absolute Gasteiger partial charge is 0.493 e. The lowest BCUT2D eigenvalue weighted by molar-refractivity contribution is 0.172. The van der Waals surface area contributed by atoms with E-state index in [2.05, 4.69) is 52.4 Å². The highest BCUT2D eigenvalue weighted by Gasteiger charge is 2.20. The van der Waals surface area contributed by atoms with Crippen molar-refractivity contribution < 1.29 is 14.2 Å². The number of guanidine groups is 1. The molecule has 1 saturated heterocycles. The van der Waals surface area contributed by atoms with Gasteiger partial charge >= 0.3 is 0 Å². The van der Waals surface area contributed by atoms with E-state index in [1.807, 2.05) is 12.1 Å². The van der Waals surface area contributed by atoms with Crippen molar-refractivity contribution in [3.8, 4) is 17.2 Å². The Morgan fingerprint density at radius 2 is 1.62 bits per heavy atom. The molecule has 1 fully saturated rings. The summed E-state index contributed by atoms with van der Waals surface area (Å²) >= 11 is 0. The predicted molar refractivity (Wildman–Crippen MR) is 129 cm³/mol. The molecule has 32 heavy (non-hydrogen) atoms. The van der Waals surface area contributed by atoms with E-state index < -0.39 is 0 Å². The standard InChI is InChI=1S/C25H36N4O3/c1-5-26-25(29-17-15-28(16-18-29)19-20-9-7-6-8-10-20)27-14-13-21-11-12-22(30-2)24(32-4)23(21)31-3/h6-12H,5,13-19H2,1-4H3,(H,26,27). The number of ether oxygens (including phenoxy) is 3. The molecule has 1 N–H and O–H groups in total. The zero-order chi connectivity index (χ0) is 22.8. The van der Waals surface area contributed by atoms with E-state index >= 15 is 0 Å². The maximum absolute atomic E-state index is 5.61. The number of hydrogen-bond donors (Lipinski definition) is 1. The molecule has 0 saturated carbocycles. The van der Waals surface area contributed by atoms with Crippen molar-refractivity contribution in [3.63, 3.8) is 0 Å². The summed E-state index contributed by atoms with van der Waals surface area (Å²) in [4.78, 5) is 9.76. The average Bonchev–Trinajstić information content (AvgIpc) is 2.84. The molecule has 174 valence electrons. The third-order valence-electron chi connectivity index (χ3n) is 5.68. The number of piperazine rings is 1. The molecular weight excluding hydrogens is 404 g/mol. The van der Waals surface area contributed by atoms with Crippen LogP contribution in [0.15, 0.2) is 47.5 Å². The molecule has 7 heteroatoms. The van der Waals surface area contributed by atoms with Gasteiger partial charge in [-0.3, -0.25) is 9.89 Å². The van der Waals surface area contributed by atoms with Gasteiger partial charge in [-0.25, -0.2) is 0 Å². The van der Waals surface area contributed by atoms with Crippen molar-refractivity contribution in [2.75, 3.05) is 60.6 Å². The minimum Gasteiger partial charge on any atom is -0.493 e. The Balaban J connectivity index is 1.60. The van der Waals surface area contributed by atoms with E-state index in [1.54, 1.807) is 21.3 Å². The Bertz CT molecular complexity index is 865. The third-order valence-corrected chi connectivity index (χ3v) is 5.68. The van der Waals surface area contributed by atoms with Crippen LogP contribution in [-0.2, 0) is 13.0 Å². The fourth-order valence-corrected chi connectivity index (χ4v) is 4.03. The minimum absolute atomic E-state index is 0.623. The van der Waals surface area contributed by atoms with Crippen molar-refractivity contribution in [3.05, 3.63) is 53.6 Å².